The van der Waals surface area contributed by atoms with Crippen molar-refractivity contribution in [2.75, 3.05) is 20.1 Å². The van der Waals surface area contributed by atoms with Crippen molar-refractivity contribution >= 4 is 0 Å². The summed E-state index contributed by atoms with van der Waals surface area (Å²) in [6.07, 6.45) is 1.79. The van der Waals surface area contributed by atoms with Crippen LogP contribution in [0.2, 0.25) is 0 Å². The molecule has 0 radical (unpaired) electrons. The monoisotopic (exact) mass is 208 g/mol. The molecule has 1 aromatic carbocycles. The summed E-state index contributed by atoms with van der Waals surface area (Å²) in [5, 5.41) is 0. The maximum absolute atomic E-state index is 13.1. The number of hydrogen-bond donors (Lipinski definition) is 1. The third-order valence-electron chi connectivity index (χ3n) is 3.28. The van der Waals surface area contributed by atoms with Crippen molar-refractivity contribution in [1.82, 2.24) is 4.90 Å². The normalized spacial score (nSPS) is 21.5. The minimum atomic E-state index is -0.339. The van der Waals surface area contributed by atoms with E-state index >= 15 is 0 Å². The average molecular weight is 208 g/mol. The largest absolute Gasteiger partial charge is 0.321 e. The summed E-state index contributed by atoms with van der Waals surface area (Å²) >= 11 is 0. The Hall–Kier alpha value is -0.930. The first kappa shape index (κ1) is 10.6. The lowest BCUT2D eigenvalue weighted by atomic mass is 9.82. The van der Waals surface area contributed by atoms with Crippen molar-refractivity contribution in [3.63, 3.8) is 0 Å². The molecule has 82 valence electrons. The van der Waals surface area contributed by atoms with Crippen LogP contribution in [0.5, 0.6) is 0 Å². The van der Waals surface area contributed by atoms with Gasteiger partial charge >= 0.3 is 0 Å². The van der Waals surface area contributed by atoms with Gasteiger partial charge in [-0.2, -0.15) is 0 Å². The van der Waals surface area contributed by atoms with E-state index in [1.807, 2.05) is 6.07 Å². The van der Waals surface area contributed by atoms with Gasteiger partial charge in [0.2, 0.25) is 0 Å². The Labute approximate surface area is 89.9 Å². The maximum atomic E-state index is 13.1. The van der Waals surface area contributed by atoms with Crippen LogP contribution in [0, 0.1) is 5.82 Å². The third-order valence-corrected chi connectivity index (χ3v) is 3.28. The van der Waals surface area contributed by atoms with Gasteiger partial charge < -0.3 is 10.6 Å². The number of benzene rings is 1. The molecule has 1 fully saturated rings. The van der Waals surface area contributed by atoms with E-state index in [4.69, 9.17) is 5.73 Å². The molecule has 2 rings (SSSR count). The van der Waals surface area contributed by atoms with Crippen LogP contribution >= 0.6 is 0 Å². The Morgan fingerprint density at radius 1 is 1.33 bits per heavy atom. The molecule has 2 nitrogen and oxygen atoms in total. The Balaban J connectivity index is 2.22. The molecule has 1 aliphatic rings. The van der Waals surface area contributed by atoms with E-state index in [1.165, 1.54) is 6.07 Å². The number of nitrogens with two attached hydrogens (primary N) is 1. The molecule has 0 atom stereocenters. The van der Waals surface area contributed by atoms with Gasteiger partial charge in [0.05, 0.1) is 0 Å². The lowest BCUT2D eigenvalue weighted by Crippen LogP contribution is -2.46. The molecule has 0 amide bonds. The van der Waals surface area contributed by atoms with Gasteiger partial charge in [-0.1, -0.05) is 12.1 Å². The molecule has 0 spiro atoms. The fourth-order valence-corrected chi connectivity index (χ4v) is 2.10. The van der Waals surface area contributed by atoms with E-state index in [0.717, 1.165) is 31.5 Å². The Morgan fingerprint density at radius 2 is 2.00 bits per heavy atom. The summed E-state index contributed by atoms with van der Waals surface area (Å²) in [6, 6.07) is 6.68. The standard InChI is InChI=1S/C12H17FN2/c1-15-7-5-12(14,6-8-15)10-3-2-4-11(13)9-10/h2-4,9H,5-8,14H2,1H3. The lowest BCUT2D eigenvalue weighted by Gasteiger charge is -2.38. The molecule has 1 aromatic rings. The summed E-state index contributed by atoms with van der Waals surface area (Å²) in [5.41, 5.74) is 6.91. The van der Waals surface area contributed by atoms with E-state index < -0.39 is 0 Å². The number of hydrogen-bond acceptors (Lipinski definition) is 2. The van der Waals surface area contributed by atoms with Crippen LogP contribution < -0.4 is 5.73 Å². The molecule has 0 bridgehead atoms. The summed E-state index contributed by atoms with van der Waals surface area (Å²) in [5.74, 6) is -0.198. The van der Waals surface area contributed by atoms with Crippen LogP contribution in [0.15, 0.2) is 24.3 Å². The maximum Gasteiger partial charge on any atom is 0.123 e. The molecule has 2 N–H and O–H groups in total. The summed E-state index contributed by atoms with van der Waals surface area (Å²) in [6.45, 7) is 1.96. The second-order valence-corrected chi connectivity index (χ2v) is 4.47. The third kappa shape index (κ3) is 2.19. The number of rotatable bonds is 1. The summed E-state index contributed by atoms with van der Waals surface area (Å²) < 4.78 is 13.1. The zero-order valence-corrected chi connectivity index (χ0v) is 9.04. The first-order valence-corrected chi connectivity index (χ1v) is 5.34. The zero-order valence-electron chi connectivity index (χ0n) is 9.04. The molecule has 0 aliphatic carbocycles. The lowest BCUT2D eigenvalue weighted by molar-refractivity contribution is 0.191. The smallest absolute Gasteiger partial charge is 0.123 e. The molecule has 0 saturated carbocycles. The van der Waals surface area contributed by atoms with Crippen molar-refractivity contribution in [2.45, 2.75) is 18.4 Å². The highest BCUT2D eigenvalue weighted by atomic mass is 19.1. The van der Waals surface area contributed by atoms with Crippen LogP contribution in [0.3, 0.4) is 0 Å². The van der Waals surface area contributed by atoms with E-state index in [0.29, 0.717) is 0 Å². The number of likely N-dealkylation sites (tertiary alicyclic amines) is 1. The van der Waals surface area contributed by atoms with Crippen LogP contribution in [-0.2, 0) is 5.54 Å². The minimum Gasteiger partial charge on any atom is -0.321 e. The van der Waals surface area contributed by atoms with E-state index in [9.17, 15) is 4.39 Å². The highest BCUT2D eigenvalue weighted by molar-refractivity contribution is 5.25. The number of nitrogens with zero attached hydrogens (tertiary/aromatic N) is 1. The van der Waals surface area contributed by atoms with Gasteiger partial charge in [0.15, 0.2) is 0 Å². The van der Waals surface area contributed by atoms with Crippen molar-refractivity contribution in [2.24, 2.45) is 5.73 Å². The summed E-state index contributed by atoms with van der Waals surface area (Å²) in [4.78, 5) is 2.25. The Kier molecular flexibility index (Phi) is 2.76. The number of piperidine rings is 1. The molecule has 0 aromatic heterocycles. The van der Waals surface area contributed by atoms with Gasteiger partial charge in [-0.15, -0.1) is 0 Å². The quantitative estimate of drug-likeness (QED) is 0.761. The second-order valence-electron chi connectivity index (χ2n) is 4.47. The highest BCUT2D eigenvalue weighted by Gasteiger charge is 2.31. The Bertz CT molecular complexity index is 343. The highest BCUT2D eigenvalue weighted by Crippen LogP contribution is 2.29. The van der Waals surface area contributed by atoms with Crippen LogP contribution in [-0.4, -0.2) is 25.0 Å². The molecule has 15 heavy (non-hydrogen) atoms. The fraction of sp³-hybridized carbons (Fsp3) is 0.500. The SMILES string of the molecule is CN1CCC(N)(c2cccc(F)c2)CC1. The molecule has 1 heterocycles. The van der Waals surface area contributed by atoms with Gasteiger partial charge in [0, 0.05) is 5.54 Å². The minimum absolute atomic E-state index is 0.198. The molecule has 1 aliphatic heterocycles. The predicted octanol–water partition coefficient (Wildman–Crippen LogP) is 1.71. The fourth-order valence-electron chi connectivity index (χ4n) is 2.10. The van der Waals surface area contributed by atoms with Gasteiger partial charge in [-0.25, -0.2) is 4.39 Å². The van der Waals surface area contributed by atoms with E-state index in [2.05, 4.69) is 11.9 Å². The summed E-state index contributed by atoms with van der Waals surface area (Å²) in [7, 11) is 2.09. The van der Waals surface area contributed by atoms with Crippen LogP contribution in [0.1, 0.15) is 18.4 Å². The first-order chi connectivity index (χ1) is 7.10. The molecular weight excluding hydrogens is 191 g/mol. The molecular formula is C12H17FN2. The van der Waals surface area contributed by atoms with Crippen LogP contribution in [0.4, 0.5) is 4.39 Å². The average Bonchev–Trinajstić information content (AvgIpc) is 2.23. The van der Waals surface area contributed by atoms with Crippen molar-refractivity contribution < 1.29 is 4.39 Å². The van der Waals surface area contributed by atoms with Crippen molar-refractivity contribution in [3.8, 4) is 0 Å². The van der Waals surface area contributed by atoms with Gasteiger partial charge in [0.25, 0.3) is 0 Å². The zero-order chi connectivity index (χ0) is 10.9. The van der Waals surface area contributed by atoms with E-state index in [1.54, 1.807) is 12.1 Å². The predicted molar refractivity (Wildman–Crippen MR) is 59.0 cm³/mol. The van der Waals surface area contributed by atoms with Gasteiger partial charge in [0.1, 0.15) is 5.82 Å². The van der Waals surface area contributed by atoms with E-state index in [-0.39, 0.29) is 11.4 Å². The van der Waals surface area contributed by atoms with Gasteiger partial charge in [-0.05, 0) is 50.7 Å². The molecule has 1 saturated heterocycles. The molecule has 3 heteroatoms. The second kappa shape index (κ2) is 3.91. The topological polar surface area (TPSA) is 29.3 Å². The van der Waals surface area contributed by atoms with Gasteiger partial charge in [-0.3, -0.25) is 0 Å². The first-order valence-electron chi connectivity index (χ1n) is 5.34. The van der Waals surface area contributed by atoms with Crippen molar-refractivity contribution in [3.05, 3.63) is 35.6 Å². The van der Waals surface area contributed by atoms with Crippen molar-refractivity contribution in [1.29, 1.82) is 0 Å². The Morgan fingerprint density at radius 3 is 2.60 bits per heavy atom. The number of halogens is 1. The molecule has 0 unspecified atom stereocenters. The van der Waals surface area contributed by atoms with Crippen LogP contribution in [0.25, 0.3) is 0 Å².